The Balaban J connectivity index is 5.05. The van der Waals surface area contributed by atoms with Crippen molar-refractivity contribution in [2.45, 2.75) is 6.92 Å². The van der Waals surface area contributed by atoms with Gasteiger partial charge in [-0.3, -0.25) is 5.41 Å². The van der Waals surface area contributed by atoms with Gasteiger partial charge in [0.15, 0.2) is 17.5 Å². The summed E-state index contributed by atoms with van der Waals surface area (Å²) in [6.45, 7) is 0.666. The van der Waals surface area contributed by atoms with E-state index in [-0.39, 0.29) is 6.21 Å². The molecule has 0 spiro atoms. The first-order valence-corrected chi connectivity index (χ1v) is 3.08. The van der Waals surface area contributed by atoms with Gasteiger partial charge < -0.3 is 5.41 Å². The van der Waals surface area contributed by atoms with Crippen LogP contribution in [0.15, 0.2) is 23.3 Å². The number of halogens is 4. The maximum absolute atomic E-state index is 12.5. The lowest BCUT2D eigenvalue weighted by atomic mass is 10.2. The van der Waals surface area contributed by atoms with Gasteiger partial charge in [0, 0.05) is 0 Å². The second kappa shape index (κ2) is 4.54. The van der Waals surface area contributed by atoms with Crippen LogP contribution in [0.1, 0.15) is 6.92 Å². The standard InChI is InChI=1S/C7H6F4N2/c1-3(8)5(10)7(13)6(11)4(9)2-12/h2,12-13H,1H3/b5-3-,6-4-,12-2?,13-7?. The highest BCUT2D eigenvalue weighted by Crippen LogP contribution is 2.17. The van der Waals surface area contributed by atoms with Crippen molar-refractivity contribution < 1.29 is 17.6 Å². The van der Waals surface area contributed by atoms with E-state index in [1.807, 2.05) is 0 Å². The molecule has 0 aromatic heterocycles. The minimum Gasteiger partial charge on any atom is -0.306 e. The van der Waals surface area contributed by atoms with E-state index in [1.54, 1.807) is 0 Å². The Labute approximate surface area is 71.6 Å². The second-order valence-electron chi connectivity index (χ2n) is 2.03. The summed E-state index contributed by atoms with van der Waals surface area (Å²) in [5.74, 6) is -6.82. The normalized spacial score (nSPS) is 14.5. The second-order valence-corrected chi connectivity index (χ2v) is 2.03. The smallest absolute Gasteiger partial charge is 0.188 e. The van der Waals surface area contributed by atoms with Crippen molar-refractivity contribution in [2.75, 3.05) is 0 Å². The Morgan fingerprint density at radius 2 is 1.54 bits per heavy atom. The molecule has 2 N–H and O–H groups in total. The molecule has 0 aromatic rings. The van der Waals surface area contributed by atoms with Crippen molar-refractivity contribution in [1.29, 1.82) is 10.8 Å². The number of nitrogens with one attached hydrogen (secondary N) is 2. The summed E-state index contributed by atoms with van der Waals surface area (Å²) in [4.78, 5) is 0. The topological polar surface area (TPSA) is 47.7 Å². The molecular weight excluding hydrogens is 188 g/mol. The van der Waals surface area contributed by atoms with Crippen LogP contribution in [0, 0.1) is 10.8 Å². The maximum Gasteiger partial charge on any atom is 0.188 e. The molecule has 0 aliphatic rings. The summed E-state index contributed by atoms with van der Waals surface area (Å²) in [7, 11) is 0. The van der Waals surface area contributed by atoms with E-state index in [2.05, 4.69) is 0 Å². The molecule has 0 unspecified atom stereocenters. The van der Waals surface area contributed by atoms with Gasteiger partial charge >= 0.3 is 0 Å². The van der Waals surface area contributed by atoms with Crippen molar-refractivity contribution in [1.82, 2.24) is 0 Å². The van der Waals surface area contributed by atoms with E-state index < -0.39 is 29.0 Å². The minimum absolute atomic E-state index is 0.0370. The molecule has 0 saturated heterocycles. The van der Waals surface area contributed by atoms with Gasteiger partial charge in [0.25, 0.3) is 0 Å². The average Bonchev–Trinajstić information content (AvgIpc) is 2.12. The van der Waals surface area contributed by atoms with Crippen LogP contribution in [-0.4, -0.2) is 11.9 Å². The fourth-order valence-corrected chi connectivity index (χ4v) is 0.451. The van der Waals surface area contributed by atoms with E-state index in [0.717, 1.165) is 0 Å². The zero-order chi connectivity index (χ0) is 10.6. The van der Waals surface area contributed by atoms with Crippen molar-refractivity contribution in [2.24, 2.45) is 0 Å². The van der Waals surface area contributed by atoms with Gasteiger partial charge in [0.1, 0.15) is 11.5 Å². The van der Waals surface area contributed by atoms with Crippen LogP contribution in [0.2, 0.25) is 0 Å². The van der Waals surface area contributed by atoms with E-state index in [0.29, 0.717) is 6.92 Å². The molecule has 0 aliphatic carbocycles. The van der Waals surface area contributed by atoms with Crippen molar-refractivity contribution in [3.8, 4) is 0 Å². The molecule has 13 heavy (non-hydrogen) atoms. The van der Waals surface area contributed by atoms with Gasteiger partial charge in [-0.05, 0) is 6.92 Å². The molecule has 0 radical (unpaired) electrons. The first-order chi connectivity index (χ1) is 5.91. The summed E-state index contributed by atoms with van der Waals surface area (Å²) in [5.41, 5.74) is -1.54. The van der Waals surface area contributed by atoms with E-state index in [4.69, 9.17) is 10.8 Å². The van der Waals surface area contributed by atoms with Crippen molar-refractivity contribution in [3.05, 3.63) is 23.3 Å². The predicted octanol–water partition coefficient (Wildman–Crippen LogP) is 2.98. The predicted molar refractivity (Wildman–Crippen MR) is 40.7 cm³/mol. The van der Waals surface area contributed by atoms with Crippen LogP contribution in [0.3, 0.4) is 0 Å². The average molecular weight is 194 g/mol. The zero-order valence-electron chi connectivity index (χ0n) is 6.59. The molecule has 2 nitrogen and oxygen atoms in total. The van der Waals surface area contributed by atoms with E-state index in [9.17, 15) is 17.6 Å². The van der Waals surface area contributed by atoms with Gasteiger partial charge in [-0.1, -0.05) is 0 Å². The molecule has 0 amide bonds. The van der Waals surface area contributed by atoms with E-state index in [1.165, 1.54) is 0 Å². The molecule has 72 valence electrons. The van der Waals surface area contributed by atoms with Gasteiger partial charge in [0.05, 0.1) is 6.21 Å². The molecule has 0 atom stereocenters. The third-order valence-corrected chi connectivity index (χ3v) is 1.08. The monoisotopic (exact) mass is 194 g/mol. The molecule has 0 fully saturated rings. The summed E-state index contributed by atoms with van der Waals surface area (Å²) in [6.07, 6.45) is -0.0370. The largest absolute Gasteiger partial charge is 0.306 e. The van der Waals surface area contributed by atoms with Crippen LogP contribution in [0.4, 0.5) is 17.6 Å². The lowest BCUT2D eigenvalue weighted by Gasteiger charge is -1.97. The number of hydrogen-bond donors (Lipinski definition) is 2. The fraction of sp³-hybridized carbons (Fsp3) is 0.143. The molecule has 0 aromatic carbocycles. The first kappa shape index (κ1) is 11.5. The highest BCUT2D eigenvalue weighted by molar-refractivity contribution is 6.09. The Morgan fingerprint density at radius 3 is 1.85 bits per heavy atom. The lowest BCUT2D eigenvalue weighted by Crippen LogP contribution is -2.01. The quantitative estimate of drug-likeness (QED) is 0.512. The zero-order valence-corrected chi connectivity index (χ0v) is 6.59. The minimum atomic E-state index is -1.90. The van der Waals surface area contributed by atoms with Crippen LogP contribution in [0.25, 0.3) is 0 Å². The maximum atomic E-state index is 12.5. The summed E-state index contributed by atoms with van der Waals surface area (Å²) in [6, 6.07) is 0. The first-order valence-electron chi connectivity index (χ1n) is 3.08. The fourth-order valence-electron chi connectivity index (χ4n) is 0.451. The molecule has 0 rings (SSSR count). The molecule has 0 heterocycles. The number of allylic oxidation sites excluding steroid dienone is 4. The van der Waals surface area contributed by atoms with Gasteiger partial charge in [-0.2, -0.15) is 0 Å². The number of rotatable bonds is 3. The Hall–Kier alpha value is -1.46. The van der Waals surface area contributed by atoms with Gasteiger partial charge in [-0.25, -0.2) is 17.6 Å². The summed E-state index contributed by atoms with van der Waals surface area (Å²) < 4.78 is 49.2. The van der Waals surface area contributed by atoms with Crippen LogP contribution in [0.5, 0.6) is 0 Å². The lowest BCUT2D eigenvalue weighted by molar-refractivity contribution is 0.551. The highest BCUT2D eigenvalue weighted by atomic mass is 19.2. The van der Waals surface area contributed by atoms with Crippen molar-refractivity contribution >= 4 is 11.9 Å². The summed E-state index contributed by atoms with van der Waals surface area (Å²) >= 11 is 0. The highest BCUT2D eigenvalue weighted by Gasteiger charge is 2.17. The molecule has 0 aliphatic heterocycles. The number of hydrogen-bond acceptors (Lipinski definition) is 2. The van der Waals surface area contributed by atoms with Crippen molar-refractivity contribution in [3.63, 3.8) is 0 Å². The van der Waals surface area contributed by atoms with Gasteiger partial charge in [-0.15, -0.1) is 0 Å². The molecular formula is C7H6F4N2. The molecule has 6 heteroatoms. The third-order valence-electron chi connectivity index (χ3n) is 1.08. The van der Waals surface area contributed by atoms with Crippen LogP contribution < -0.4 is 0 Å². The van der Waals surface area contributed by atoms with E-state index >= 15 is 0 Å². The Kier molecular flexibility index (Phi) is 4.03. The summed E-state index contributed by atoms with van der Waals surface area (Å²) in [5, 5.41) is 12.9. The van der Waals surface area contributed by atoms with Crippen LogP contribution in [-0.2, 0) is 0 Å². The molecule has 0 saturated carbocycles. The van der Waals surface area contributed by atoms with Gasteiger partial charge in [0.2, 0.25) is 0 Å². The Morgan fingerprint density at radius 1 is 1.08 bits per heavy atom. The third kappa shape index (κ3) is 2.81. The van der Waals surface area contributed by atoms with Crippen LogP contribution >= 0.6 is 0 Å². The Bertz CT molecular complexity index is 300. The SMILES string of the molecule is C/C(F)=C(/F)C(=N)/C(F)=C(/F)C=N. The molecule has 0 bridgehead atoms.